The normalized spacial score (nSPS) is 15.0. The van der Waals surface area contributed by atoms with E-state index in [9.17, 15) is 18.0 Å². The first-order valence-corrected chi connectivity index (χ1v) is 10.4. The van der Waals surface area contributed by atoms with Gasteiger partial charge in [-0.25, -0.2) is 0 Å². The van der Waals surface area contributed by atoms with Gasteiger partial charge in [0, 0.05) is 19.0 Å². The number of anilines is 2. The molecule has 1 amide bonds. The van der Waals surface area contributed by atoms with Gasteiger partial charge in [-0.2, -0.15) is 13.2 Å². The summed E-state index contributed by atoms with van der Waals surface area (Å²) in [6.07, 6.45) is -1.44. The molecule has 0 spiro atoms. The summed E-state index contributed by atoms with van der Waals surface area (Å²) in [7, 11) is 0. The van der Waals surface area contributed by atoms with Gasteiger partial charge in [0.15, 0.2) is 0 Å². The first kappa shape index (κ1) is 21.5. The molecule has 1 saturated heterocycles. The molecule has 0 unspecified atom stereocenters. The number of nitrogens with zero attached hydrogens (tertiary/aromatic N) is 3. The van der Waals surface area contributed by atoms with Crippen LogP contribution in [-0.2, 0) is 11.0 Å². The molecule has 0 radical (unpaired) electrons. The number of amides is 1. The average Bonchev–Trinajstić information content (AvgIpc) is 3.16. The quantitative estimate of drug-likeness (QED) is 0.658. The van der Waals surface area contributed by atoms with Crippen molar-refractivity contribution in [3.63, 3.8) is 0 Å². The zero-order valence-corrected chi connectivity index (χ0v) is 17.1. The third-order valence-corrected chi connectivity index (χ3v) is 5.36. The number of carbonyl (C=O) groups is 1. The SMILES string of the molecule is CC(C)c1nnc(SCC(=O)Nc2cc(C(F)(F)F)ccc2N2CCCCC2)o1. The summed E-state index contributed by atoms with van der Waals surface area (Å²) in [5, 5.41) is 10.6. The number of hydrogen-bond donors (Lipinski definition) is 1. The van der Waals surface area contributed by atoms with E-state index in [2.05, 4.69) is 15.5 Å². The Bertz CT molecular complexity index is 848. The predicted molar refractivity (Wildman–Crippen MR) is 105 cm³/mol. The summed E-state index contributed by atoms with van der Waals surface area (Å²) < 4.78 is 44.9. The Morgan fingerprint density at radius 2 is 1.97 bits per heavy atom. The van der Waals surface area contributed by atoms with E-state index in [0.717, 1.165) is 56.2 Å². The van der Waals surface area contributed by atoms with Crippen LogP contribution in [0.4, 0.5) is 24.5 Å². The van der Waals surface area contributed by atoms with Crippen molar-refractivity contribution in [3.8, 4) is 0 Å². The van der Waals surface area contributed by atoms with Gasteiger partial charge >= 0.3 is 6.18 Å². The van der Waals surface area contributed by atoms with Crippen LogP contribution >= 0.6 is 11.8 Å². The molecule has 0 saturated carbocycles. The smallest absolute Gasteiger partial charge is 0.416 e. The van der Waals surface area contributed by atoms with Gasteiger partial charge in [-0.15, -0.1) is 10.2 Å². The lowest BCUT2D eigenvalue weighted by atomic mass is 10.1. The van der Waals surface area contributed by atoms with Gasteiger partial charge in [0.25, 0.3) is 5.22 Å². The molecule has 1 aromatic heterocycles. The molecule has 2 aromatic rings. The first-order chi connectivity index (χ1) is 13.7. The fraction of sp³-hybridized carbons (Fsp3) is 0.526. The van der Waals surface area contributed by atoms with Crippen molar-refractivity contribution in [2.45, 2.75) is 50.4 Å². The van der Waals surface area contributed by atoms with Crippen molar-refractivity contribution >= 4 is 29.0 Å². The fourth-order valence-corrected chi connectivity index (χ4v) is 3.62. The molecule has 10 heteroatoms. The van der Waals surface area contributed by atoms with Crippen molar-refractivity contribution in [1.29, 1.82) is 0 Å². The zero-order chi connectivity index (χ0) is 21.0. The molecule has 158 valence electrons. The maximum Gasteiger partial charge on any atom is 0.416 e. The zero-order valence-electron chi connectivity index (χ0n) is 16.3. The van der Waals surface area contributed by atoms with Crippen molar-refractivity contribution < 1.29 is 22.4 Å². The number of benzene rings is 1. The number of nitrogens with one attached hydrogen (secondary N) is 1. The fourth-order valence-electron chi connectivity index (χ4n) is 3.05. The van der Waals surface area contributed by atoms with Gasteiger partial charge < -0.3 is 14.6 Å². The number of halogens is 3. The van der Waals surface area contributed by atoms with Crippen LogP contribution in [0.5, 0.6) is 0 Å². The number of carbonyl (C=O) groups excluding carboxylic acids is 1. The monoisotopic (exact) mass is 428 g/mol. The van der Waals surface area contributed by atoms with Crippen LogP contribution in [0.2, 0.25) is 0 Å². The number of thioether (sulfide) groups is 1. The highest BCUT2D eigenvalue weighted by Gasteiger charge is 2.32. The molecule has 0 bridgehead atoms. The molecule has 0 aliphatic carbocycles. The van der Waals surface area contributed by atoms with Crippen LogP contribution in [0, 0.1) is 0 Å². The summed E-state index contributed by atoms with van der Waals surface area (Å²) in [6.45, 7) is 5.32. The van der Waals surface area contributed by atoms with Crippen LogP contribution in [0.1, 0.15) is 50.5 Å². The molecule has 2 heterocycles. The van der Waals surface area contributed by atoms with Crippen LogP contribution < -0.4 is 10.2 Å². The number of piperidine rings is 1. The number of aromatic nitrogens is 2. The molecule has 6 nitrogen and oxygen atoms in total. The number of alkyl halides is 3. The Morgan fingerprint density at radius 1 is 1.24 bits per heavy atom. The molecule has 1 aliphatic heterocycles. The third kappa shape index (κ3) is 5.65. The molecule has 1 fully saturated rings. The average molecular weight is 428 g/mol. The second kappa shape index (κ2) is 9.06. The summed E-state index contributed by atoms with van der Waals surface area (Å²) in [5.74, 6) is 0.0630. The Morgan fingerprint density at radius 3 is 2.59 bits per heavy atom. The lowest BCUT2D eigenvalue weighted by Gasteiger charge is -2.31. The highest BCUT2D eigenvalue weighted by Crippen LogP contribution is 2.36. The Labute approximate surface area is 171 Å². The predicted octanol–water partition coefficient (Wildman–Crippen LogP) is 4.93. The topological polar surface area (TPSA) is 71.3 Å². The van der Waals surface area contributed by atoms with E-state index in [-0.39, 0.29) is 22.6 Å². The molecule has 29 heavy (non-hydrogen) atoms. The summed E-state index contributed by atoms with van der Waals surface area (Å²) in [5.41, 5.74) is -0.0173. The maximum absolute atomic E-state index is 13.2. The summed E-state index contributed by atoms with van der Waals surface area (Å²) in [6, 6.07) is 3.49. The van der Waals surface area contributed by atoms with E-state index in [4.69, 9.17) is 4.42 Å². The molecule has 0 atom stereocenters. The van der Waals surface area contributed by atoms with E-state index in [1.165, 1.54) is 6.07 Å². The molecule has 1 aliphatic rings. The van der Waals surface area contributed by atoms with E-state index < -0.39 is 17.6 Å². The second-order valence-corrected chi connectivity index (χ2v) is 8.10. The molecule has 1 N–H and O–H groups in total. The molecular formula is C19H23F3N4O2S. The highest BCUT2D eigenvalue weighted by molar-refractivity contribution is 7.99. The van der Waals surface area contributed by atoms with Crippen molar-refractivity contribution in [3.05, 3.63) is 29.7 Å². The number of hydrogen-bond acceptors (Lipinski definition) is 6. The van der Waals surface area contributed by atoms with Gasteiger partial charge in [-0.1, -0.05) is 25.6 Å². The summed E-state index contributed by atoms with van der Waals surface area (Å²) >= 11 is 1.05. The van der Waals surface area contributed by atoms with Crippen molar-refractivity contribution in [1.82, 2.24) is 10.2 Å². The second-order valence-electron chi connectivity index (χ2n) is 7.18. The van der Waals surface area contributed by atoms with Gasteiger partial charge in [0.1, 0.15) is 0 Å². The summed E-state index contributed by atoms with van der Waals surface area (Å²) in [4.78, 5) is 14.4. The highest BCUT2D eigenvalue weighted by atomic mass is 32.2. The Balaban J connectivity index is 1.73. The van der Waals surface area contributed by atoms with Crippen molar-refractivity contribution in [2.75, 3.05) is 29.1 Å². The van der Waals surface area contributed by atoms with Gasteiger partial charge in [-0.3, -0.25) is 4.79 Å². The molecular weight excluding hydrogens is 405 g/mol. The van der Waals surface area contributed by atoms with Crippen LogP contribution in [0.3, 0.4) is 0 Å². The van der Waals surface area contributed by atoms with Crippen LogP contribution in [0.15, 0.2) is 27.8 Å². The minimum Gasteiger partial charge on any atom is -0.416 e. The van der Waals surface area contributed by atoms with Gasteiger partial charge in [0.2, 0.25) is 11.8 Å². The van der Waals surface area contributed by atoms with E-state index in [1.54, 1.807) is 0 Å². The largest absolute Gasteiger partial charge is 0.416 e. The van der Waals surface area contributed by atoms with Gasteiger partial charge in [0.05, 0.1) is 22.7 Å². The van der Waals surface area contributed by atoms with Crippen LogP contribution in [0.25, 0.3) is 0 Å². The van der Waals surface area contributed by atoms with Crippen molar-refractivity contribution in [2.24, 2.45) is 0 Å². The number of rotatable bonds is 6. The minimum atomic E-state index is -4.48. The third-order valence-electron chi connectivity index (χ3n) is 4.54. The van der Waals surface area contributed by atoms with Crippen LogP contribution in [-0.4, -0.2) is 34.9 Å². The Kier molecular flexibility index (Phi) is 6.71. The Hall–Kier alpha value is -2.23. The standard InChI is InChI=1S/C19H23F3N4O2S/c1-12(2)17-24-25-18(28-17)29-11-16(27)23-14-10-13(19(20,21)22)6-7-15(14)26-8-4-3-5-9-26/h6-7,10,12H,3-5,8-9,11H2,1-2H3,(H,23,27). The maximum atomic E-state index is 13.2. The lowest BCUT2D eigenvalue weighted by molar-refractivity contribution is -0.137. The first-order valence-electron chi connectivity index (χ1n) is 9.46. The molecule has 3 rings (SSSR count). The molecule has 1 aromatic carbocycles. The van der Waals surface area contributed by atoms with E-state index in [1.807, 2.05) is 18.7 Å². The lowest BCUT2D eigenvalue weighted by Crippen LogP contribution is -2.30. The van der Waals surface area contributed by atoms with E-state index >= 15 is 0 Å². The van der Waals surface area contributed by atoms with E-state index in [0.29, 0.717) is 11.6 Å². The van der Waals surface area contributed by atoms with Gasteiger partial charge in [-0.05, 0) is 37.5 Å². The minimum absolute atomic E-state index is 0.0462.